The summed E-state index contributed by atoms with van der Waals surface area (Å²) in [7, 11) is 0. The van der Waals surface area contributed by atoms with Crippen LogP contribution in [0, 0.1) is 0 Å². The van der Waals surface area contributed by atoms with Crippen molar-refractivity contribution in [1.29, 1.82) is 0 Å². The molecule has 0 bridgehead atoms. The lowest BCUT2D eigenvalue weighted by Crippen LogP contribution is -2.12. The predicted octanol–water partition coefficient (Wildman–Crippen LogP) is 2.45. The van der Waals surface area contributed by atoms with Crippen molar-refractivity contribution in [2.45, 2.75) is 19.8 Å². The number of rotatable bonds is 4. The molecule has 0 saturated heterocycles. The van der Waals surface area contributed by atoms with Crippen LogP contribution in [0.2, 0.25) is 5.28 Å². The molecule has 15 heavy (non-hydrogen) atoms. The van der Waals surface area contributed by atoms with Crippen molar-refractivity contribution in [3.63, 3.8) is 0 Å². The molecule has 82 valence electrons. The molecule has 0 fully saturated rings. The van der Waals surface area contributed by atoms with Gasteiger partial charge in [0.2, 0.25) is 11.2 Å². The summed E-state index contributed by atoms with van der Waals surface area (Å²) in [6, 6.07) is 1.42. The first-order chi connectivity index (χ1) is 7.22. The molecule has 1 aromatic rings. The lowest BCUT2D eigenvalue weighted by Gasteiger charge is -2.03. The van der Waals surface area contributed by atoms with E-state index in [1.54, 1.807) is 0 Å². The van der Waals surface area contributed by atoms with E-state index < -0.39 is 6.16 Å². The van der Waals surface area contributed by atoms with Gasteiger partial charge in [-0.2, -0.15) is 4.98 Å². The Kier molecular flexibility index (Phi) is 4.83. The number of halogens is 1. The Balaban J connectivity index is 2.37. The lowest BCUT2D eigenvalue weighted by molar-refractivity contribution is 0.0962. The van der Waals surface area contributed by atoms with Gasteiger partial charge in [0.1, 0.15) is 0 Å². The van der Waals surface area contributed by atoms with Crippen molar-refractivity contribution in [3.8, 4) is 5.88 Å². The Morgan fingerprint density at radius 2 is 2.40 bits per heavy atom. The highest BCUT2D eigenvalue weighted by molar-refractivity contribution is 6.28. The average molecular weight is 231 g/mol. The molecule has 0 aliphatic rings. The quantitative estimate of drug-likeness (QED) is 0.452. The molecule has 0 atom stereocenters. The second kappa shape index (κ2) is 6.19. The molecule has 6 heteroatoms. The molecule has 1 aromatic heterocycles. The summed E-state index contributed by atoms with van der Waals surface area (Å²) < 4.78 is 9.51. The molecule has 0 saturated carbocycles. The standard InChI is InChI=1S/C9H11ClN2O3/c1-2-3-6-14-9(13)15-7-4-5-11-8(10)12-7/h4-5H,2-3,6H2,1H3. The van der Waals surface area contributed by atoms with Crippen LogP contribution in [-0.4, -0.2) is 22.7 Å². The van der Waals surface area contributed by atoms with E-state index in [2.05, 4.69) is 9.97 Å². The van der Waals surface area contributed by atoms with Gasteiger partial charge in [-0.15, -0.1) is 0 Å². The summed E-state index contributed by atoms with van der Waals surface area (Å²) in [6.45, 7) is 2.34. The third-order valence-electron chi connectivity index (χ3n) is 1.51. The number of hydrogen-bond acceptors (Lipinski definition) is 5. The van der Waals surface area contributed by atoms with Gasteiger partial charge in [0.25, 0.3) is 0 Å². The second-order valence-corrected chi connectivity index (χ2v) is 3.06. The minimum atomic E-state index is -0.779. The van der Waals surface area contributed by atoms with Crippen LogP contribution in [0.4, 0.5) is 4.79 Å². The average Bonchev–Trinajstić information content (AvgIpc) is 2.18. The van der Waals surface area contributed by atoms with Crippen molar-refractivity contribution >= 4 is 17.8 Å². The third-order valence-corrected chi connectivity index (χ3v) is 1.69. The molecule has 0 spiro atoms. The maximum atomic E-state index is 11.1. The first-order valence-electron chi connectivity index (χ1n) is 4.55. The van der Waals surface area contributed by atoms with Crippen LogP contribution in [0.1, 0.15) is 19.8 Å². The second-order valence-electron chi connectivity index (χ2n) is 2.72. The molecule has 1 heterocycles. The van der Waals surface area contributed by atoms with E-state index in [0.717, 1.165) is 12.8 Å². The maximum absolute atomic E-state index is 11.1. The molecule has 0 amide bonds. The number of unbranched alkanes of at least 4 members (excludes halogenated alkanes) is 1. The van der Waals surface area contributed by atoms with Crippen LogP contribution in [0.5, 0.6) is 5.88 Å². The SMILES string of the molecule is CCCCOC(=O)Oc1ccnc(Cl)n1. The molecule has 1 rings (SSSR count). The van der Waals surface area contributed by atoms with Crippen LogP contribution in [0.15, 0.2) is 12.3 Å². The van der Waals surface area contributed by atoms with Crippen molar-refractivity contribution in [3.05, 3.63) is 17.5 Å². The van der Waals surface area contributed by atoms with E-state index in [4.69, 9.17) is 21.1 Å². The van der Waals surface area contributed by atoms with Crippen LogP contribution in [-0.2, 0) is 4.74 Å². The number of aromatic nitrogens is 2. The van der Waals surface area contributed by atoms with Crippen molar-refractivity contribution in [2.75, 3.05) is 6.61 Å². The molecule has 5 nitrogen and oxygen atoms in total. The van der Waals surface area contributed by atoms with Gasteiger partial charge in [-0.05, 0) is 18.0 Å². The highest BCUT2D eigenvalue weighted by Crippen LogP contribution is 2.09. The topological polar surface area (TPSA) is 61.3 Å². The number of hydrogen-bond donors (Lipinski definition) is 0. The molecule has 0 N–H and O–H groups in total. The predicted molar refractivity (Wildman–Crippen MR) is 53.9 cm³/mol. The smallest absolute Gasteiger partial charge is 0.434 e. The third kappa shape index (κ3) is 4.60. The van der Waals surface area contributed by atoms with Crippen molar-refractivity contribution in [1.82, 2.24) is 9.97 Å². The number of carbonyl (C=O) groups excluding carboxylic acids is 1. The van der Waals surface area contributed by atoms with Crippen LogP contribution >= 0.6 is 11.6 Å². The minimum absolute atomic E-state index is 0.0221. The van der Waals surface area contributed by atoms with Gasteiger partial charge in [0, 0.05) is 12.3 Å². The van der Waals surface area contributed by atoms with Gasteiger partial charge in [0.05, 0.1) is 6.61 Å². The first-order valence-corrected chi connectivity index (χ1v) is 4.93. The number of ether oxygens (including phenoxy) is 2. The Morgan fingerprint density at radius 3 is 3.07 bits per heavy atom. The van der Waals surface area contributed by atoms with Gasteiger partial charge in [-0.25, -0.2) is 9.78 Å². The van der Waals surface area contributed by atoms with Crippen molar-refractivity contribution < 1.29 is 14.3 Å². The van der Waals surface area contributed by atoms with E-state index >= 15 is 0 Å². The number of carbonyl (C=O) groups is 1. The fraction of sp³-hybridized carbons (Fsp3) is 0.444. The summed E-state index contributed by atoms with van der Waals surface area (Å²) in [5.41, 5.74) is 0. The summed E-state index contributed by atoms with van der Waals surface area (Å²) in [5, 5.41) is 0.0221. The molecule has 0 unspecified atom stereocenters. The van der Waals surface area contributed by atoms with Crippen LogP contribution in [0.25, 0.3) is 0 Å². The van der Waals surface area contributed by atoms with E-state index in [9.17, 15) is 4.79 Å². The lowest BCUT2D eigenvalue weighted by atomic mass is 10.4. The first kappa shape index (κ1) is 11.7. The van der Waals surface area contributed by atoms with Gasteiger partial charge in [-0.1, -0.05) is 13.3 Å². The van der Waals surface area contributed by atoms with Gasteiger partial charge >= 0.3 is 6.16 Å². The molecular formula is C9H11ClN2O3. The van der Waals surface area contributed by atoms with E-state index in [0.29, 0.717) is 6.61 Å². The molecule has 0 aliphatic carbocycles. The van der Waals surface area contributed by atoms with E-state index in [1.807, 2.05) is 6.92 Å². The molecular weight excluding hydrogens is 220 g/mol. The van der Waals surface area contributed by atoms with Crippen LogP contribution < -0.4 is 4.74 Å². The summed E-state index contributed by atoms with van der Waals surface area (Å²) in [6.07, 6.45) is 2.37. The van der Waals surface area contributed by atoms with Crippen LogP contribution in [0.3, 0.4) is 0 Å². The van der Waals surface area contributed by atoms with Crippen molar-refractivity contribution in [2.24, 2.45) is 0 Å². The molecule has 0 aromatic carbocycles. The minimum Gasteiger partial charge on any atom is -0.434 e. The van der Waals surface area contributed by atoms with E-state index in [-0.39, 0.29) is 11.2 Å². The van der Waals surface area contributed by atoms with E-state index in [1.165, 1.54) is 12.3 Å². The van der Waals surface area contributed by atoms with Gasteiger partial charge in [-0.3, -0.25) is 0 Å². The zero-order valence-electron chi connectivity index (χ0n) is 8.27. The monoisotopic (exact) mass is 230 g/mol. The fourth-order valence-corrected chi connectivity index (χ4v) is 0.931. The summed E-state index contributed by atoms with van der Waals surface area (Å²) in [5.74, 6) is 0.0801. The largest absolute Gasteiger partial charge is 0.515 e. The zero-order valence-corrected chi connectivity index (χ0v) is 9.03. The Bertz CT molecular complexity index is 333. The summed E-state index contributed by atoms with van der Waals surface area (Å²) in [4.78, 5) is 18.4. The van der Waals surface area contributed by atoms with Gasteiger partial charge in [0.15, 0.2) is 0 Å². The fourth-order valence-electron chi connectivity index (χ4n) is 0.791. The Hall–Kier alpha value is -1.36. The summed E-state index contributed by atoms with van der Waals surface area (Å²) >= 11 is 5.50. The zero-order chi connectivity index (χ0) is 11.1. The Labute approximate surface area is 92.4 Å². The molecule has 0 radical (unpaired) electrons. The number of nitrogens with zero attached hydrogens (tertiary/aromatic N) is 2. The normalized spacial score (nSPS) is 9.73. The highest BCUT2D eigenvalue weighted by Gasteiger charge is 2.06. The maximum Gasteiger partial charge on any atom is 0.515 e. The molecule has 0 aliphatic heterocycles. The Morgan fingerprint density at radius 1 is 1.60 bits per heavy atom. The van der Waals surface area contributed by atoms with Gasteiger partial charge < -0.3 is 9.47 Å². The highest BCUT2D eigenvalue weighted by atomic mass is 35.5.